The molecule has 0 fully saturated rings. The van der Waals surface area contributed by atoms with Gasteiger partial charge in [-0.15, -0.1) is 0 Å². The summed E-state index contributed by atoms with van der Waals surface area (Å²) in [7, 11) is 0. The zero-order valence-electron chi connectivity index (χ0n) is 11.0. The van der Waals surface area contributed by atoms with Crippen LogP contribution in [0.2, 0.25) is 0 Å². The Labute approximate surface area is 117 Å². The average Bonchev–Trinajstić information content (AvgIpc) is 2.30. The summed E-state index contributed by atoms with van der Waals surface area (Å²) < 4.78 is 5.35. The molecule has 0 atom stereocenters. The molecule has 1 nitrogen and oxygen atoms in total. The van der Waals surface area contributed by atoms with Gasteiger partial charge in [0.15, 0.2) is 0 Å². The van der Waals surface area contributed by atoms with Gasteiger partial charge in [-0.05, 0) is 25.1 Å². The van der Waals surface area contributed by atoms with Gasteiger partial charge >= 0.3 is 0 Å². The normalized spacial score (nSPS) is 10.9. The van der Waals surface area contributed by atoms with E-state index in [0.717, 1.165) is 6.42 Å². The molecule has 0 rings (SSSR count). The highest BCUT2D eigenvalue weighted by Crippen LogP contribution is 2.09. The third kappa shape index (κ3) is 16.0. The van der Waals surface area contributed by atoms with Gasteiger partial charge in [-0.25, -0.2) is 0 Å². The van der Waals surface area contributed by atoms with E-state index in [1.165, 1.54) is 51.4 Å². The Morgan fingerprint density at radius 3 is 2.18 bits per heavy atom. The molecule has 0 unspecified atom stereocenters. The molecule has 0 aliphatic heterocycles. The molecular formula is C14H26OS2. The second-order valence-corrected chi connectivity index (χ2v) is 5.39. The monoisotopic (exact) mass is 274 g/mol. The van der Waals surface area contributed by atoms with Crippen molar-refractivity contribution in [3.8, 4) is 0 Å². The molecule has 3 heteroatoms. The average molecular weight is 274 g/mol. The first-order valence-electron chi connectivity index (χ1n) is 6.78. The first-order valence-corrected chi connectivity index (χ1v) is 7.63. The van der Waals surface area contributed by atoms with Crippen LogP contribution in [0.3, 0.4) is 0 Å². The zero-order valence-corrected chi connectivity index (χ0v) is 12.7. The fourth-order valence-corrected chi connectivity index (χ4v) is 1.84. The number of hydrogen-bond donors (Lipinski definition) is 1. The first kappa shape index (κ1) is 17.0. The summed E-state index contributed by atoms with van der Waals surface area (Å²) >= 11 is 8.56. The van der Waals surface area contributed by atoms with Gasteiger partial charge < -0.3 is 4.74 Å². The van der Waals surface area contributed by atoms with E-state index in [4.69, 9.17) is 4.74 Å². The van der Waals surface area contributed by atoms with Crippen molar-refractivity contribution >= 4 is 29.2 Å². The number of allylic oxidation sites excluding steroid dienone is 1. The summed E-state index contributed by atoms with van der Waals surface area (Å²) in [4.78, 5) is 0. The Balaban J connectivity index is 3.05. The van der Waals surface area contributed by atoms with Gasteiger partial charge in [-0.1, -0.05) is 76.7 Å². The molecule has 17 heavy (non-hydrogen) atoms. The summed E-state index contributed by atoms with van der Waals surface area (Å²) in [6.45, 7) is 2.82. The van der Waals surface area contributed by atoms with E-state index in [1.54, 1.807) is 0 Å². The predicted octanol–water partition coefficient (Wildman–Crippen LogP) is 5.30. The van der Waals surface area contributed by atoms with Crippen LogP contribution in [0, 0.1) is 0 Å². The predicted molar refractivity (Wildman–Crippen MR) is 83.9 cm³/mol. The van der Waals surface area contributed by atoms with Crippen molar-refractivity contribution in [2.24, 2.45) is 0 Å². The van der Waals surface area contributed by atoms with E-state index in [0.29, 0.717) is 11.0 Å². The Bertz CT molecular complexity index is 202. The number of ether oxygens (including phenoxy) is 1. The maximum Gasteiger partial charge on any atom is 0.217 e. The maximum atomic E-state index is 5.03. The van der Waals surface area contributed by atoms with Crippen LogP contribution < -0.4 is 0 Å². The van der Waals surface area contributed by atoms with Crippen LogP contribution in [0.15, 0.2) is 12.2 Å². The van der Waals surface area contributed by atoms with Gasteiger partial charge in [0.25, 0.3) is 0 Å². The number of rotatable bonds is 11. The molecule has 100 valence electrons. The highest BCUT2D eigenvalue weighted by atomic mass is 32.1. The number of thiol groups is 1. The summed E-state index contributed by atoms with van der Waals surface area (Å²) in [6, 6.07) is 0. The van der Waals surface area contributed by atoms with Crippen molar-refractivity contribution in [1.82, 2.24) is 0 Å². The minimum absolute atomic E-state index is 0.321. The standard InChI is InChI=1S/C14H26OS2/c1-2-3-4-5-6-7-8-9-10-11-12-13-15-14(16)17/h11-12H,2-10,13H2,1H3,(H,16,17). The van der Waals surface area contributed by atoms with E-state index >= 15 is 0 Å². The minimum Gasteiger partial charge on any atom is -0.475 e. The molecule has 0 N–H and O–H groups in total. The smallest absolute Gasteiger partial charge is 0.217 e. The third-order valence-corrected chi connectivity index (χ3v) is 2.94. The fourth-order valence-electron chi connectivity index (χ4n) is 1.70. The molecule has 0 saturated carbocycles. The van der Waals surface area contributed by atoms with Gasteiger partial charge in [0.2, 0.25) is 4.38 Å². The molecule has 0 saturated heterocycles. The highest BCUT2D eigenvalue weighted by Gasteiger charge is 1.90. The van der Waals surface area contributed by atoms with Crippen LogP contribution in [0.4, 0.5) is 0 Å². The van der Waals surface area contributed by atoms with Crippen LogP contribution in [-0.2, 0) is 4.74 Å². The largest absolute Gasteiger partial charge is 0.475 e. The van der Waals surface area contributed by atoms with E-state index in [1.807, 2.05) is 6.08 Å². The van der Waals surface area contributed by atoms with Crippen molar-refractivity contribution in [3.05, 3.63) is 12.2 Å². The van der Waals surface area contributed by atoms with Crippen molar-refractivity contribution in [2.75, 3.05) is 6.61 Å². The Hall–Kier alpha value is -0.0200. The fraction of sp³-hybridized carbons (Fsp3) is 0.786. The molecule has 0 radical (unpaired) electrons. The molecule has 0 aliphatic rings. The lowest BCUT2D eigenvalue weighted by molar-refractivity contribution is 0.370. The SMILES string of the molecule is CCCCCCCCCCC=CCOC(=S)S. The van der Waals surface area contributed by atoms with Crippen LogP contribution in [0.1, 0.15) is 64.7 Å². The number of hydrogen-bond acceptors (Lipinski definition) is 2. The van der Waals surface area contributed by atoms with Gasteiger partial charge in [0.1, 0.15) is 6.61 Å². The molecule has 0 bridgehead atoms. The van der Waals surface area contributed by atoms with Crippen molar-refractivity contribution < 1.29 is 4.74 Å². The second kappa shape index (κ2) is 14.0. The highest BCUT2D eigenvalue weighted by molar-refractivity contribution is 8.10. The summed E-state index contributed by atoms with van der Waals surface area (Å²) in [5.41, 5.74) is 0. The summed E-state index contributed by atoms with van der Waals surface area (Å²) in [5.74, 6) is 0. The Morgan fingerprint density at radius 2 is 1.59 bits per heavy atom. The van der Waals surface area contributed by atoms with Crippen LogP contribution in [-0.4, -0.2) is 11.0 Å². The third-order valence-electron chi connectivity index (χ3n) is 2.69. The quantitative estimate of drug-likeness (QED) is 0.237. The van der Waals surface area contributed by atoms with E-state index in [-0.39, 0.29) is 0 Å². The van der Waals surface area contributed by atoms with Crippen LogP contribution in [0.25, 0.3) is 0 Å². The van der Waals surface area contributed by atoms with E-state index < -0.39 is 0 Å². The van der Waals surface area contributed by atoms with Crippen LogP contribution >= 0.6 is 24.8 Å². The van der Waals surface area contributed by atoms with Gasteiger partial charge in [0.05, 0.1) is 0 Å². The van der Waals surface area contributed by atoms with Crippen LogP contribution in [0.5, 0.6) is 0 Å². The molecule has 0 aliphatic carbocycles. The molecule has 0 spiro atoms. The topological polar surface area (TPSA) is 9.23 Å². The summed E-state index contributed by atoms with van der Waals surface area (Å²) in [5, 5.41) is 0. The number of thiocarbonyl (C=S) groups is 1. The lowest BCUT2D eigenvalue weighted by Gasteiger charge is -2.00. The van der Waals surface area contributed by atoms with E-state index in [2.05, 4.69) is 37.8 Å². The molecule has 0 aromatic heterocycles. The van der Waals surface area contributed by atoms with Crippen molar-refractivity contribution in [3.63, 3.8) is 0 Å². The van der Waals surface area contributed by atoms with Gasteiger partial charge in [-0.3, -0.25) is 0 Å². The van der Waals surface area contributed by atoms with Gasteiger partial charge in [-0.2, -0.15) is 0 Å². The maximum absolute atomic E-state index is 5.03. The lowest BCUT2D eigenvalue weighted by Crippen LogP contribution is -1.91. The zero-order chi connectivity index (χ0) is 12.8. The molecule has 0 amide bonds. The molecule has 0 aromatic carbocycles. The summed E-state index contributed by atoms with van der Waals surface area (Å²) in [6.07, 6.45) is 16.3. The van der Waals surface area contributed by atoms with Crippen molar-refractivity contribution in [1.29, 1.82) is 0 Å². The van der Waals surface area contributed by atoms with E-state index in [9.17, 15) is 0 Å². The molecule has 0 aromatic rings. The van der Waals surface area contributed by atoms with Gasteiger partial charge in [0, 0.05) is 0 Å². The minimum atomic E-state index is 0.321. The molecule has 0 heterocycles. The lowest BCUT2D eigenvalue weighted by atomic mass is 10.1. The molecular weight excluding hydrogens is 248 g/mol. The van der Waals surface area contributed by atoms with Crippen molar-refractivity contribution in [2.45, 2.75) is 64.7 Å². The first-order chi connectivity index (χ1) is 8.27. The number of unbranched alkanes of at least 4 members (excludes halogenated alkanes) is 8. The Kier molecular flexibility index (Phi) is 14.0. The Morgan fingerprint density at radius 1 is 1.00 bits per heavy atom. The second-order valence-electron chi connectivity index (χ2n) is 4.31.